The van der Waals surface area contributed by atoms with Crippen LogP contribution in [0.1, 0.15) is 36.1 Å². The summed E-state index contributed by atoms with van der Waals surface area (Å²) in [6.07, 6.45) is 0.527. The molecule has 0 saturated carbocycles. The Morgan fingerprint density at radius 2 is 1.46 bits per heavy atom. The number of ketones is 1. The summed E-state index contributed by atoms with van der Waals surface area (Å²) in [6, 6.07) is 22.8. The number of carbonyl (C=O) groups excluding carboxylic acids is 1. The molecular formula is C26H24IN3O5S2. The predicted octanol–water partition coefficient (Wildman–Crippen LogP) is 5.73. The number of nitro groups is 1. The van der Waals surface area contributed by atoms with Gasteiger partial charge in [0.05, 0.1) is 15.9 Å². The van der Waals surface area contributed by atoms with Crippen molar-refractivity contribution >= 4 is 51.8 Å². The number of sulfonamides is 1. The lowest BCUT2D eigenvalue weighted by Gasteiger charge is -2.51. The molecule has 0 unspecified atom stereocenters. The van der Waals surface area contributed by atoms with E-state index in [1.165, 1.54) is 37.7 Å². The molecule has 0 amide bonds. The molecule has 0 spiro atoms. The number of fused-ring (bicyclic) bond motifs is 1. The molecule has 8 nitrogen and oxygen atoms in total. The third-order valence-electron chi connectivity index (χ3n) is 7.18. The Hall–Kier alpha value is -2.32. The summed E-state index contributed by atoms with van der Waals surface area (Å²) in [4.78, 5) is 24.1. The van der Waals surface area contributed by atoms with E-state index in [0.717, 1.165) is 11.1 Å². The minimum Gasteiger partial charge on any atom is -0.299 e. The molecule has 0 aliphatic carbocycles. The highest BCUT2D eigenvalue weighted by atomic mass is 127. The van der Waals surface area contributed by atoms with Crippen molar-refractivity contribution in [2.75, 3.05) is 6.54 Å². The lowest BCUT2D eigenvalue weighted by atomic mass is 9.77. The van der Waals surface area contributed by atoms with Gasteiger partial charge in [-0.3, -0.25) is 14.9 Å². The van der Waals surface area contributed by atoms with Gasteiger partial charge in [-0.1, -0.05) is 60.7 Å². The molecule has 192 valence electrons. The number of non-ortho nitro benzene ring substituents is 1. The van der Waals surface area contributed by atoms with E-state index < -0.39 is 32.9 Å². The van der Waals surface area contributed by atoms with Crippen molar-refractivity contribution in [1.82, 2.24) is 8.61 Å². The minimum atomic E-state index is -4.09. The zero-order valence-corrected chi connectivity index (χ0v) is 23.4. The fourth-order valence-electron chi connectivity index (χ4n) is 5.42. The van der Waals surface area contributed by atoms with Gasteiger partial charge in [0.1, 0.15) is 5.78 Å². The summed E-state index contributed by atoms with van der Waals surface area (Å²) in [5, 5.41) is 11.2. The van der Waals surface area contributed by atoms with E-state index in [4.69, 9.17) is 0 Å². The van der Waals surface area contributed by atoms with Crippen LogP contribution >= 0.6 is 30.3 Å². The lowest BCUT2D eigenvalue weighted by molar-refractivity contribution is -0.384. The highest BCUT2D eigenvalue weighted by molar-refractivity contribution is 14.2. The zero-order valence-electron chi connectivity index (χ0n) is 19.6. The summed E-state index contributed by atoms with van der Waals surface area (Å²) >= 11 is 2.22. The molecule has 0 bridgehead atoms. The van der Waals surface area contributed by atoms with E-state index >= 15 is 0 Å². The standard InChI is InChI=1S/C26H24IN3O5S2/c27-36-28-17-22-25(15-23(28)18-7-3-1-4-8-18)29(24(16-26(22)31)19-9-5-2-6-10-19)37(34,35)21-13-11-20(12-14-21)30(32)33/h1-14,22-25H,15-17H2/t22-,23+,24+,25+/m1/s1. The zero-order chi connectivity index (χ0) is 26.2. The summed E-state index contributed by atoms with van der Waals surface area (Å²) in [5.74, 6) is -0.425. The van der Waals surface area contributed by atoms with Crippen molar-refractivity contribution in [3.8, 4) is 0 Å². The second-order valence-electron chi connectivity index (χ2n) is 9.19. The Kier molecular flexibility index (Phi) is 7.68. The summed E-state index contributed by atoms with van der Waals surface area (Å²) in [5.41, 5.74) is 1.63. The highest BCUT2D eigenvalue weighted by Gasteiger charge is 2.52. The van der Waals surface area contributed by atoms with Gasteiger partial charge >= 0.3 is 0 Å². The summed E-state index contributed by atoms with van der Waals surface area (Å²) < 4.78 is 32.1. The van der Waals surface area contributed by atoms with Gasteiger partial charge in [0.2, 0.25) is 10.0 Å². The van der Waals surface area contributed by atoms with Crippen molar-refractivity contribution in [3.05, 3.63) is 106 Å². The van der Waals surface area contributed by atoms with Gasteiger partial charge in [-0.25, -0.2) is 12.7 Å². The number of benzene rings is 3. The molecule has 3 aromatic rings. The smallest absolute Gasteiger partial charge is 0.269 e. The molecular weight excluding hydrogens is 625 g/mol. The Morgan fingerprint density at radius 1 is 0.892 bits per heavy atom. The molecule has 2 aliphatic rings. The second kappa shape index (κ2) is 10.8. The number of nitrogens with zero attached hydrogens (tertiary/aromatic N) is 3. The molecule has 3 aromatic carbocycles. The van der Waals surface area contributed by atoms with Gasteiger partial charge in [0.15, 0.2) is 0 Å². The molecule has 4 atom stereocenters. The third kappa shape index (κ3) is 5.07. The van der Waals surface area contributed by atoms with Crippen LogP contribution in [0.2, 0.25) is 0 Å². The topological polar surface area (TPSA) is 101 Å². The van der Waals surface area contributed by atoms with Crippen LogP contribution in [0.15, 0.2) is 89.8 Å². The quantitative estimate of drug-likeness (QED) is 0.146. The van der Waals surface area contributed by atoms with Crippen LogP contribution in [0.4, 0.5) is 5.69 Å². The third-order valence-corrected chi connectivity index (χ3v) is 11.2. The molecule has 37 heavy (non-hydrogen) atoms. The van der Waals surface area contributed by atoms with Crippen LogP contribution in [0.5, 0.6) is 0 Å². The van der Waals surface area contributed by atoms with E-state index in [1.54, 1.807) is 0 Å². The van der Waals surface area contributed by atoms with Gasteiger partial charge in [-0.15, -0.1) is 0 Å². The maximum Gasteiger partial charge on any atom is 0.269 e. The summed E-state index contributed by atoms with van der Waals surface area (Å²) in [7, 11) is -2.56. The molecule has 5 rings (SSSR count). The summed E-state index contributed by atoms with van der Waals surface area (Å²) in [6.45, 7) is 0.435. The molecule has 2 saturated heterocycles. The normalized spacial score (nSPS) is 24.9. The van der Waals surface area contributed by atoms with Crippen molar-refractivity contribution in [3.63, 3.8) is 0 Å². The monoisotopic (exact) mass is 649 g/mol. The lowest BCUT2D eigenvalue weighted by Crippen LogP contribution is -2.59. The number of nitro benzene ring substituents is 1. The molecule has 2 fully saturated rings. The maximum absolute atomic E-state index is 14.2. The SMILES string of the molecule is O=C1C[C@@H](c2ccccc2)N(S(=O)(=O)c2ccc([N+](=O)[O-])cc2)[C@H]2C[C@@H](c3ccccc3)N(SI)C[C@@H]12. The average molecular weight is 650 g/mol. The van der Waals surface area contributed by atoms with Crippen molar-refractivity contribution < 1.29 is 18.1 Å². The van der Waals surface area contributed by atoms with Gasteiger partial charge in [0, 0.05) is 64.3 Å². The number of hydrogen-bond donors (Lipinski definition) is 0. The van der Waals surface area contributed by atoms with Gasteiger partial charge in [-0.2, -0.15) is 4.31 Å². The van der Waals surface area contributed by atoms with Crippen LogP contribution in [0.25, 0.3) is 0 Å². The van der Waals surface area contributed by atoms with Crippen LogP contribution in [-0.2, 0) is 14.8 Å². The van der Waals surface area contributed by atoms with Crippen LogP contribution in [-0.4, -0.2) is 40.3 Å². The number of Topliss-reactive ketones (excluding diaryl/α,β-unsaturated/α-hetero) is 1. The molecule has 2 heterocycles. The fraction of sp³-hybridized carbons (Fsp3) is 0.269. The molecule has 0 aromatic heterocycles. The number of hydrogen-bond acceptors (Lipinski definition) is 7. The van der Waals surface area contributed by atoms with Crippen LogP contribution in [0.3, 0.4) is 0 Å². The first-order valence-corrected chi connectivity index (χ1v) is 16.5. The molecule has 2 aliphatic heterocycles. The molecule has 11 heteroatoms. The average Bonchev–Trinajstić information content (AvgIpc) is 2.93. The number of piperidine rings is 2. The van der Waals surface area contributed by atoms with E-state index in [-0.39, 0.29) is 28.8 Å². The maximum atomic E-state index is 14.2. The predicted molar refractivity (Wildman–Crippen MR) is 150 cm³/mol. The first-order valence-electron chi connectivity index (χ1n) is 11.8. The Labute approximate surface area is 232 Å². The number of rotatable bonds is 6. The Bertz CT molecular complexity index is 1390. The number of halogens is 1. The minimum absolute atomic E-state index is 0.0194. The molecule has 0 N–H and O–H groups in total. The van der Waals surface area contributed by atoms with Crippen molar-refractivity contribution in [2.24, 2.45) is 5.92 Å². The number of carbonyl (C=O) groups is 1. The van der Waals surface area contributed by atoms with Gasteiger partial charge in [-0.05, 0) is 38.8 Å². The van der Waals surface area contributed by atoms with E-state index in [1.807, 2.05) is 60.7 Å². The van der Waals surface area contributed by atoms with Crippen molar-refractivity contribution in [2.45, 2.75) is 35.9 Å². The van der Waals surface area contributed by atoms with Gasteiger partial charge in [0.25, 0.3) is 5.69 Å². The fourth-order valence-corrected chi connectivity index (χ4v) is 9.09. The Balaban J connectivity index is 1.62. The Morgan fingerprint density at radius 3 is 2.00 bits per heavy atom. The highest BCUT2D eigenvalue weighted by Crippen LogP contribution is 2.49. The largest absolute Gasteiger partial charge is 0.299 e. The molecule has 0 radical (unpaired) electrons. The van der Waals surface area contributed by atoms with Crippen LogP contribution in [0, 0.1) is 16.0 Å². The van der Waals surface area contributed by atoms with E-state index in [9.17, 15) is 23.3 Å². The van der Waals surface area contributed by atoms with Crippen LogP contribution < -0.4 is 0 Å². The van der Waals surface area contributed by atoms with Crippen molar-refractivity contribution in [1.29, 1.82) is 0 Å². The second-order valence-corrected chi connectivity index (χ2v) is 12.8. The van der Waals surface area contributed by atoms with E-state index in [0.29, 0.717) is 13.0 Å². The van der Waals surface area contributed by atoms with E-state index in [2.05, 4.69) is 25.5 Å². The first kappa shape index (κ1) is 26.3. The van der Waals surface area contributed by atoms with Gasteiger partial charge < -0.3 is 0 Å². The first-order chi connectivity index (χ1) is 17.8.